The van der Waals surface area contributed by atoms with Crippen LogP contribution in [0, 0.1) is 5.92 Å². The summed E-state index contributed by atoms with van der Waals surface area (Å²) >= 11 is 0. The molecule has 6 nitrogen and oxygen atoms in total. The number of carbonyl (C=O) groups is 2. The maximum Gasteiger partial charge on any atom is 0.339 e. The lowest BCUT2D eigenvalue weighted by Crippen LogP contribution is -2.42. The fourth-order valence-electron chi connectivity index (χ4n) is 3.90. The van der Waals surface area contributed by atoms with Gasteiger partial charge in [0.25, 0.3) is 5.91 Å². The van der Waals surface area contributed by atoms with Gasteiger partial charge >= 0.3 is 5.97 Å². The van der Waals surface area contributed by atoms with Crippen molar-refractivity contribution in [2.45, 2.75) is 26.2 Å². The SMILES string of the molecule is CC1CCc2nc3ccccc3c(C(=O)OCC(=O)N3CCOCC3)c2C1. The third-order valence-corrected chi connectivity index (χ3v) is 5.40. The van der Waals surface area contributed by atoms with Crippen molar-refractivity contribution in [3.8, 4) is 0 Å². The van der Waals surface area contributed by atoms with E-state index in [1.165, 1.54) is 0 Å². The van der Waals surface area contributed by atoms with Gasteiger partial charge in [0.1, 0.15) is 0 Å². The van der Waals surface area contributed by atoms with E-state index in [-0.39, 0.29) is 12.5 Å². The van der Waals surface area contributed by atoms with Crippen molar-refractivity contribution in [3.05, 3.63) is 41.1 Å². The number of pyridine rings is 1. The smallest absolute Gasteiger partial charge is 0.339 e. The van der Waals surface area contributed by atoms with Crippen molar-refractivity contribution < 1.29 is 19.1 Å². The van der Waals surface area contributed by atoms with Crippen LogP contribution < -0.4 is 0 Å². The van der Waals surface area contributed by atoms with Gasteiger partial charge < -0.3 is 14.4 Å². The highest BCUT2D eigenvalue weighted by atomic mass is 16.5. The molecule has 1 aromatic heterocycles. The molecule has 1 unspecified atom stereocenters. The van der Waals surface area contributed by atoms with Crippen molar-refractivity contribution in [1.82, 2.24) is 9.88 Å². The number of rotatable bonds is 3. The molecule has 2 aromatic rings. The van der Waals surface area contributed by atoms with Gasteiger partial charge in [0.2, 0.25) is 0 Å². The molecule has 1 aliphatic heterocycles. The molecule has 2 heterocycles. The number of amides is 1. The number of fused-ring (bicyclic) bond motifs is 2. The predicted molar refractivity (Wildman–Crippen MR) is 101 cm³/mol. The molecule has 27 heavy (non-hydrogen) atoms. The molecule has 6 heteroatoms. The average Bonchev–Trinajstić information content (AvgIpc) is 2.70. The maximum absolute atomic E-state index is 13.0. The van der Waals surface area contributed by atoms with Crippen LogP contribution in [0.5, 0.6) is 0 Å². The molecular formula is C21H24N2O4. The van der Waals surface area contributed by atoms with Gasteiger partial charge in [-0.3, -0.25) is 9.78 Å². The van der Waals surface area contributed by atoms with Crippen LogP contribution in [0.4, 0.5) is 0 Å². The highest BCUT2D eigenvalue weighted by Crippen LogP contribution is 2.32. The predicted octanol–water partition coefficient (Wildman–Crippen LogP) is 2.38. The minimum Gasteiger partial charge on any atom is -0.452 e. The molecule has 1 amide bonds. The van der Waals surface area contributed by atoms with E-state index in [2.05, 4.69) is 6.92 Å². The summed E-state index contributed by atoms with van der Waals surface area (Å²) in [5.41, 5.74) is 3.35. The Labute approximate surface area is 158 Å². The van der Waals surface area contributed by atoms with Gasteiger partial charge in [0.05, 0.1) is 24.3 Å². The number of nitrogens with zero attached hydrogens (tertiary/aromatic N) is 2. The Balaban J connectivity index is 1.60. The summed E-state index contributed by atoms with van der Waals surface area (Å²) in [4.78, 5) is 31.7. The van der Waals surface area contributed by atoms with Crippen LogP contribution in [0.2, 0.25) is 0 Å². The number of aryl methyl sites for hydroxylation is 1. The molecule has 0 N–H and O–H groups in total. The van der Waals surface area contributed by atoms with Crippen LogP contribution in [-0.4, -0.2) is 54.7 Å². The first-order valence-corrected chi connectivity index (χ1v) is 9.56. The third-order valence-electron chi connectivity index (χ3n) is 5.40. The van der Waals surface area contributed by atoms with Gasteiger partial charge in [-0.15, -0.1) is 0 Å². The maximum atomic E-state index is 13.0. The average molecular weight is 368 g/mol. The quantitative estimate of drug-likeness (QED) is 0.778. The van der Waals surface area contributed by atoms with Crippen molar-refractivity contribution in [1.29, 1.82) is 0 Å². The third kappa shape index (κ3) is 3.67. The molecule has 1 aliphatic carbocycles. The Morgan fingerprint density at radius 2 is 2.04 bits per heavy atom. The van der Waals surface area contributed by atoms with E-state index in [4.69, 9.17) is 14.5 Å². The number of benzene rings is 1. The van der Waals surface area contributed by atoms with E-state index in [9.17, 15) is 9.59 Å². The lowest BCUT2D eigenvalue weighted by Gasteiger charge is -2.27. The molecule has 1 atom stereocenters. The highest BCUT2D eigenvalue weighted by Gasteiger charge is 2.27. The van der Waals surface area contributed by atoms with Gasteiger partial charge in [0, 0.05) is 24.2 Å². The molecule has 0 radical (unpaired) electrons. The summed E-state index contributed by atoms with van der Waals surface area (Å²) in [6.45, 7) is 4.10. The first kappa shape index (κ1) is 17.9. The first-order chi connectivity index (χ1) is 13.1. The van der Waals surface area contributed by atoms with Gasteiger partial charge in [-0.1, -0.05) is 25.1 Å². The number of hydrogen-bond acceptors (Lipinski definition) is 5. The Morgan fingerprint density at radius 3 is 2.85 bits per heavy atom. The Kier molecular flexibility index (Phi) is 5.07. The van der Waals surface area contributed by atoms with Crippen molar-refractivity contribution >= 4 is 22.8 Å². The Morgan fingerprint density at radius 1 is 1.26 bits per heavy atom. The van der Waals surface area contributed by atoms with Crippen molar-refractivity contribution in [2.75, 3.05) is 32.9 Å². The molecule has 1 saturated heterocycles. The number of ether oxygens (including phenoxy) is 2. The molecule has 4 rings (SSSR count). The standard InChI is InChI=1S/C21H24N2O4/c1-14-6-7-18-16(12-14)20(15-4-2-3-5-17(15)22-18)21(25)27-13-19(24)23-8-10-26-11-9-23/h2-5,14H,6-13H2,1H3. The molecule has 0 spiro atoms. The van der Waals surface area contributed by atoms with Crippen molar-refractivity contribution in [2.24, 2.45) is 5.92 Å². The lowest BCUT2D eigenvalue weighted by molar-refractivity contribution is -0.138. The monoisotopic (exact) mass is 368 g/mol. The van der Waals surface area contributed by atoms with E-state index < -0.39 is 5.97 Å². The van der Waals surface area contributed by atoms with E-state index in [0.29, 0.717) is 37.8 Å². The second-order valence-electron chi connectivity index (χ2n) is 7.35. The molecule has 1 fully saturated rings. The number of aromatic nitrogens is 1. The molecule has 142 valence electrons. The number of morpholine rings is 1. The molecule has 0 bridgehead atoms. The number of para-hydroxylation sites is 1. The topological polar surface area (TPSA) is 68.7 Å². The number of hydrogen-bond donors (Lipinski definition) is 0. The fraction of sp³-hybridized carbons (Fsp3) is 0.476. The van der Waals surface area contributed by atoms with Crippen molar-refractivity contribution in [3.63, 3.8) is 0 Å². The molecule has 0 saturated carbocycles. The second kappa shape index (κ2) is 7.64. The van der Waals surface area contributed by atoms with Crippen LogP contribution in [-0.2, 0) is 27.1 Å². The largest absolute Gasteiger partial charge is 0.452 e. The zero-order valence-electron chi connectivity index (χ0n) is 15.6. The summed E-state index contributed by atoms with van der Waals surface area (Å²) in [5, 5.41) is 0.800. The molecular weight excluding hydrogens is 344 g/mol. The van der Waals surface area contributed by atoms with Crippen LogP contribution in [0.25, 0.3) is 10.9 Å². The first-order valence-electron chi connectivity index (χ1n) is 9.56. The minimum absolute atomic E-state index is 0.174. The Hall–Kier alpha value is -2.47. The molecule has 1 aromatic carbocycles. The zero-order chi connectivity index (χ0) is 18.8. The van der Waals surface area contributed by atoms with E-state index in [1.807, 2.05) is 24.3 Å². The van der Waals surface area contributed by atoms with Crippen LogP contribution >= 0.6 is 0 Å². The van der Waals surface area contributed by atoms with Crippen LogP contribution in [0.15, 0.2) is 24.3 Å². The molecule has 2 aliphatic rings. The number of esters is 1. The van der Waals surface area contributed by atoms with Gasteiger partial charge in [-0.25, -0.2) is 4.79 Å². The second-order valence-corrected chi connectivity index (χ2v) is 7.35. The highest BCUT2D eigenvalue weighted by molar-refractivity contribution is 6.05. The summed E-state index contributed by atoms with van der Waals surface area (Å²) in [6, 6.07) is 7.65. The van der Waals surface area contributed by atoms with Gasteiger partial charge in [-0.05, 0) is 36.8 Å². The van der Waals surface area contributed by atoms with E-state index >= 15 is 0 Å². The Bertz CT molecular complexity index is 874. The van der Waals surface area contributed by atoms with E-state index in [1.54, 1.807) is 4.90 Å². The normalized spacial score (nSPS) is 19.6. The van der Waals surface area contributed by atoms with Gasteiger partial charge in [0.15, 0.2) is 6.61 Å². The lowest BCUT2D eigenvalue weighted by atomic mass is 9.84. The summed E-state index contributed by atoms with van der Waals surface area (Å²) < 4.78 is 10.7. The van der Waals surface area contributed by atoms with Gasteiger partial charge in [-0.2, -0.15) is 0 Å². The minimum atomic E-state index is -0.430. The summed E-state index contributed by atoms with van der Waals surface area (Å²) in [7, 11) is 0. The summed E-state index contributed by atoms with van der Waals surface area (Å²) in [6.07, 6.45) is 2.76. The van der Waals surface area contributed by atoms with Crippen LogP contribution in [0.3, 0.4) is 0 Å². The number of carbonyl (C=O) groups excluding carboxylic acids is 2. The zero-order valence-corrected chi connectivity index (χ0v) is 15.6. The fourth-order valence-corrected chi connectivity index (χ4v) is 3.90. The van der Waals surface area contributed by atoms with E-state index in [0.717, 1.165) is 41.4 Å². The summed E-state index contributed by atoms with van der Waals surface area (Å²) in [5.74, 6) is -0.102. The van der Waals surface area contributed by atoms with Crippen LogP contribution in [0.1, 0.15) is 35.0 Å².